The van der Waals surface area contributed by atoms with Gasteiger partial charge >= 0.3 is 5.56 Å². The molecule has 0 atom stereocenters. The van der Waals surface area contributed by atoms with Gasteiger partial charge in [0, 0.05) is 0 Å². The number of nitrogen functional groups attached to an aromatic ring is 1. The molecule has 0 unspecified atom stereocenters. The Hall–Kier alpha value is -1.92. The van der Waals surface area contributed by atoms with Crippen molar-refractivity contribution in [3.05, 3.63) is 10.4 Å². The molecule has 0 saturated carbocycles. The number of hydrogen-bond donors (Lipinski definition) is 2. The van der Waals surface area contributed by atoms with Crippen LogP contribution in [0.1, 0.15) is 0 Å². The lowest BCUT2D eigenvalue weighted by Gasteiger charge is -1.99. The molecule has 0 radical (unpaired) electrons. The highest BCUT2D eigenvalue weighted by Gasteiger charge is 2.23. The lowest BCUT2D eigenvalue weighted by molar-refractivity contribution is 0.131. The van der Waals surface area contributed by atoms with Crippen LogP contribution in [0.5, 0.6) is 11.5 Å². The summed E-state index contributed by atoms with van der Waals surface area (Å²) in [5.41, 5.74) is 4.52. The quantitative estimate of drug-likeness (QED) is 0.475. The molecule has 3 N–H and O–H groups in total. The summed E-state index contributed by atoms with van der Waals surface area (Å²) in [5.74, 6) is -0.0973. The molecule has 0 bridgehead atoms. The van der Waals surface area contributed by atoms with Crippen molar-refractivity contribution in [3.8, 4) is 11.5 Å². The van der Waals surface area contributed by atoms with Crippen LogP contribution >= 0.6 is 0 Å². The van der Waals surface area contributed by atoms with Crippen LogP contribution in [0.4, 0.5) is 5.82 Å². The monoisotopic (exact) mass is 171 g/mol. The maximum atomic E-state index is 11.0. The van der Waals surface area contributed by atoms with E-state index in [9.17, 15) is 4.79 Å². The highest BCUT2D eigenvalue weighted by molar-refractivity contribution is 5.54. The Bertz CT molecular complexity index is 385. The topological polar surface area (TPSA) is 99.6 Å². The highest BCUT2D eigenvalue weighted by atomic mass is 16.7. The predicted octanol–water partition coefficient (Wildman–Crippen LogP) is -1.21. The lowest BCUT2D eigenvalue weighted by Crippen LogP contribution is -2.21. The summed E-state index contributed by atoms with van der Waals surface area (Å²) in [5, 5.41) is 12.1. The van der Waals surface area contributed by atoms with Gasteiger partial charge in [-0.3, -0.25) is 4.79 Å². The third kappa shape index (κ3) is 0.698. The molecule has 2 heterocycles. The van der Waals surface area contributed by atoms with E-state index in [4.69, 9.17) is 20.4 Å². The molecule has 1 aliphatic heterocycles. The minimum atomic E-state index is -0.781. The average Bonchev–Trinajstić information content (AvgIpc) is 2.48. The first kappa shape index (κ1) is 6.77. The number of anilines is 1. The largest absolute Gasteiger partial charge is 0.449 e. The summed E-state index contributed by atoms with van der Waals surface area (Å²) < 4.78 is 9.59. The second kappa shape index (κ2) is 2.03. The number of ether oxygens (including phenoxy) is 2. The van der Waals surface area contributed by atoms with E-state index >= 15 is 0 Å². The van der Waals surface area contributed by atoms with Gasteiger partial charge in [0.15, 0.2) is 5.82 Å². The fourth-order valence-corrected chi connectivity index (χ4v) is 0.911. The molecule has 7 nitrogen and oxygen atoms in total. The summed E-state index contributed by atoms with van der Waals surface area (Å²) in [7, 11) is 0. The maximum Gasteiger partial charge on any atom is 0.348 e. The fraction of sp³-hybridized carbons (Fsp3) is 0.200. The zero-order valence-electron chi connectivity index (χ0n) is 5.85. The zero-order valence-corrected chi connectivity index (χ0v) is 5.85. The van der Waals surface area contributed by atoms with Crippen molar-refractivity contribution in [2.45, 2.75) is 0 Å². The predicted molar refractivity (Wildman–Crippen MR) is 36.2 cm³/mol. The van der Waals surface area contributed by atoms with Crippen LogP contribution in [0.25, 0.3) is 0 Å². The van der Waals surface area contributed by atoms with E-state index in [1.165, 1.54) is 0 Å². The summed E-state index contributed by atoms with van der Waals surface area (Å²) >= 11 is 0. The van der Waals surface area contributed by atoms with E-state index in [-0.39, 0.29) is 29.0 Å². The molecule has 7 heteroatoms. The molecule has 0 amide bonds. The van der Waals surface area contributed by atoms with Gasteiger partial charge in [0.1, 0.15) is 0 Å². The van der Waals surface area contributed by atoms with E-state index in [1.807, 2.05) is 0 Å². The van der Waals surface area contributed by atoms with Crippen molar-refractivity contribution < 1.29 is 14.7 Å². The molecule has 64 valence electrons. The smallest absolute Gasteiger partial charge is 0.348 e. The molecular formula is C5H5N3O4. The molecule has 2 rings (SSSR count). The van der Waals surface area contributed by atoms with Gasteiger partial charge in [-0.25, -0.2) is 0 Å². The number of nitrogens with zero attached hydrogens (tertiary/aromatic N) is 2. The number of aromatic nitrogens is 2. The summed E-state index contributed by atoms with van der Waals surface area (Å²) in [6, 6.07) is 0. The van der Waals surface area contributed by atoms with Crippen LogP contribution in [-0.2, 0) is 0 Å². The molecule has 0 fully saturated rings. The Morgan fingerprint density at radius 1 is 1.50 bits per heavy atom. The minimum absolute atomic E-state index is 0.0791. The molecule has 0 saturated heterocycles. The van der Waals surface area contributed by atoms with Gasteiger partial charge in [-0.2, -0.15) is 0 Å². The molecule has 1 aromatic rings. The first-order valence-corrected chi connectivity index (χ1v) is 3.08. The Morgan fingerprint density at radius 3 is 2.92 bits per heavy atom. The Morgan fingerprint density at radius 2 is 2.17 bits per heavy atom. The van der Waals surface area contributed by atoms with Crippen LogP contribution < -0.4 is 20.8 Å². The van der Waals surface area contributed by atoms with Gasteiger partial charge in [-0.15, -0.1) is 5.10 Å². The van der Waals surface area contributed by atoms with Gasteiger partial charge in [-0.05, 0) is 0 Å². The molecule has 0 aliphatic carbocycles. The van der Waals surface area contributed by atoms with Crippen LogP contribution in [0.3, 0.4) is 0 Å². The Kier molecular flexibility index (Phi) is 1.15. The number of fused-ring (bicyclic) bond motifs is 1. The number of rotatable bonds is 0. The minimum Gasteiger partial charge on any atom is -0.449 e. The second-order valence-corrected chi connectivity index (χ2v) is 2.14. The van der Waals surface area contributed by atoms with E-state index < -0.39 is 5.56 Å². The van der Waals surface area contributed by atoms with E-state index in [0.29, 0.717) is 0 Å². The third-order valence-corrected chi connectivity index (χ3v) is 1.42. The SMILES string of the molecule is Nc1nn(O)c(=O)c2c1OCO2. The summed E-state index contributed by atoms with van der Waals surface area (Å²) in [4.78, 5) is 11.1. The fourth-order valence-electron chi connectivity index (χ4n) is 0.911. The van der Waals surface area contributed by atoms with Crippen LogP contribution in [0, 0.1) is 0 Å². The number of nitrogens with two attached hydrogens (primary N) is 1. The molecule has 0 aromatic carbocycles. The van der Waals surface area contributed by atoms with Gasteiger partial charge in [-0.1, -0.05) is 4.85 Å². The molecule has 12 heavy (non-hydrogen) atoms. The van der Waals surface area contributed by atoms with E-state index in [2.05, 4.69) is 5.10 Å². The van der Waals surface area contributed by atoms with E-state index in [0.717, 1.165) is 0 Å². The first-order valence-electron chi connectivity index (χ1n) is 3.08. The second-order valence-electron chi connectivity index (χ2n) is 2.14. The van der Waals surface area contributed by atoms with Gasteiger partial charge in [0.2, 0.25) is 18.3 Å². The van der Waals surface area contributed by atoms with Gasteiger partial charge in [0.05, 0.1) is 0 Å². The lowest BCUT2D eigenvalue weighted by atomic mass is 10.4. The number of hydrogen-bond acceptors (Lipinski definition) is 6. The Labute approximate surface area is 65.9 Å². The Balaban J connectivity index is 2.78. The third-order valence-electron chi connectivity index (χ3n) is 1.42. The van der Waals surface area contributed by atoms with E-state index in [1.54, 1.807) is 0 Å². The molecular weight excluding hydrogens is 166 g/mol. The van der Waals surface area contributed by atoms with Gasteiger partial charge in [0.25, 0.3) is 0 Å². The van der Waals surface area contributed by atoms with Crippen molar-refractivity contribution in [2.24, 2.45) is 0 Å². The zero-order chi connectivity index (χ0) is 8.72. The van der Waals surface area contributed by atoms with Crippen molar-refractivity contribution in [3.63, 3.8) is 0 Å². The maximum absolute atomic E-state index is 11.0. The highest BCUT2D eigenvalue weighted by Crippen LogP contribution is 2.31. The molecule has 0 spiro atoms. The van der Waals surface area contributed by atoms with Gasteiger partial charge < -0.3 is 20.4 Å². The summed E-state index contributed by atoms with van der Waals surface area (Å²) in [6.45, 7) is -0.0829. The van der Waals surface area contributed by atoms with Crippen molar-refractivity contribution in [2.75, 3.05) is 12.5 Å². The van der Waals surface area contributed by atoms with Crippen LogP contribution in [0.15, 0.2) is 4.79 Å². The normalized spacial score (nSPS) is 13.3. The molecule has 1 aliphatic rings. The van der Waals surface area contributed by atoms with Crippen LogP contribution in [0.2, 0.25) is 0 Å². The molecule has 1 aromatic heterocycles. The van der Waals surface area contributed by atoms with Crippen molar-refractivity contribution >= 4 is 5.82 Å². The van der Waals surface area contributed by atoms with Crippen molar-refractivity contribution in [1.29, 1.82) is 0 Å². The summed E-state index contributed by atoms with van der Waals surface area (Å²) in [6.07, 6.45) is 0. The van der Waals surface area contributed by atoms with Crippen molar-refractivity contribution in [1.82, 2.24) is 9.94 Å². The first-order chi connectivity index (χ1) is 5.70. The average molecular weight is 171 g/mol. The standard InChI is InChI=1S/C5H5N3O4/c6-4-2-3(12-1-11-2)5(9)8(10)7-4/h10H,1H2,(H2,6,7). The van der Waals surface area contributed by atoms with Crippen LogP contribution in [-0.4, -0.2) is 21.9 Å².